The summed E-state index contributed by atoms with van der Waals surface area (Å²) in [6, 6.07) is 13.9. The normalized spacial score (nSPS) is 10.1. The molecule has 0 saturated carbocycles. The number of amides is 1. The van der Waals surface area contributed by atoms with Crippen molar-refractivity contribution in [1.82, 2.24) is 0 Å². The van der Waals surface area contributed by atoms with Crippen LogP contribution in [0.2, 0.25) is 0 Å². The van der Waals surface area contributed by atoms with Gasteiger partial charge in [-0.3, -0.25) is 9.59 Å². The van der Waals surface area contributed by atoms with Crippen LogP contribution in [0.3, 0.4) is 0 Å². The number of ether oxygens (including phenoxy) is 1. The lowest BCUT2D eigenvalue weighted by atomic mass is 10.1. The standard InChI is InChI=1S/C20H21N3O3/c1-13(2)26-19-9-8-15(11-21)10-18(19)22-12-20(25)23-17-7-5-4-6-16(17)14(3)24/h4-10,13,22H,12H2,1-3H3,(H,23,25). The van der Waals surface area contributed by atoms with Gasteiger partial charge < -0.3 is 15.4 Å². The maximum absolute atomic E-state index is 12.3. The molecule has 0 aromatic heterocycles. The Kier molecular flexibility index (Phi) is 6.34. The molecule has 0 atom stereocenters. The molecule has 0 fully saturated rings. The van der Waals surface area contributed by atoms with Gasteiger partial charge in [-0.2, -0.15) is 5.26 Å². The van der Waals surface area contributed by atoms with E-state index in [2.05, 4.69) is 16.7 Å². The van der Waals surface area contributed by atoms with Gasteiger partial charge in [0, 0.05) is 5.56 Å². The molecule has 0 radical (unpaired) electrons. The second-order valence-corrected chi connectivity index (χ2v) is 5.99. The second-order valence-electron chi connectivity index (χ2n) is 5.99. The minimum absolute atomic E-state index is 0.0322. The number of ketones is 1. The third-order valence-corrected chi connectivity index (χ3v) is 3.49. The molecule has 2 N–H and O–H groups in total. The van der Waals surface area contributed by atoms with E-state index in [4.69, 9.17) is 10.00 Å². The predicted molar refractivity (Wildman–Crippen MR) is 100 cm³/mol. The van der Waals surface area contributed by atoms with Crippen LogP contribution in [0.25, 0.3) is 0 Å². The fourth-order valence-corrected chi connectivity index (χ4v) is 2.36. The molecular formula is C20H21N3O3. The second kappa shape index (κ2) is 8.67. The van der Waals surface area contributed by atoms with Crippen LogP contribution in [0.1, 0.15) is 36.7 Å². The largest absolute Gasteiger partial charge is 0.489 e. The number of nitrogens with zero attached hydrogens (tertiary/aromatic N) is 1. The molecule has 6 heteroatoms. The summed E-state index contributed by atoms with van der Waals surface area (Å²) in [6.45, 7) is 5.21. The third-order valence-electron chi connectivity index (χ3n) is 3.49. The molecule has 0 bridgehead atoms. The Bertz CT molecular complexity index is 854. The molecule has 0 spiro atoms. The quantitative estimate of drug-likeness (QED) is 0.744. The number of nitriles is 1. The number of carbonyl (C=O) groups excluding carboxylic acids is 2. The van der Waals surface area contributed by atoms with E-state index in [0.717, 1.165) is 0 Å². The molecule has 0 heterocycles. The Labute approximate surface area is 152 Å². The first-order valence-electron chi connectivity index (χ1n) is 8.25. The van der Waals surface area contributed by atoms with E-state index < -0.39 is 0 Å². The topological polar surface area (TPSA) is 91.2 Å². The highest BCUT2D eigenvalue weighted by Crippen LogP contribution is 2.26. The minimum atomic E-state index is -0.309. The van der Waals surface area contributed by atoms with Gasteiger partial charge >= 0.3 is 0 Å². The molecule has 0 aliphatic rings. The van der Waals surface area contributed by atoms with Crippen molar-refractivity contribution in [1.29, 1.82) is 5.26 Å². The lowest BCUT2D eigenvalue weighted by Gasteiger charge is -2.16. The maximum Gasteiger partial charge on any atom is 0.243 e. The summed E-state index contributed by atoms with van der Waals surface area (Å²) in [7, 11) is 0. The molecule has 2 aromatic rings. The molecule has 2 aromatic carbocycles. The summed E-state index contributed by atoms with van der Waals surface area (Å²) in [5.41, 5.74) is 1.95. The zero-order valence-electron chi connectivity index (χ0n) is 15.0. The van der Waals surface area contributed by atoms with Gasteiger partial charge in [-0.25, -0.2) is 0 Å². The summed E-state index contributed by atoms with van der Waals surface area (Å²) >= 11 is 0. The number of Topliss-reactive ketones (excluding diaryl/α,β-unsaturated/α-hetero) is 1. The van der Waals surface area contributed by atoms with Crippen LogP contribution in [0.15, 0.2) is 42.5 Å². The van der Waals surface area contributed by atoms with E-state index in [9.17, 15) is 9.59 Å². The highest BCUT2D eigenvalue weighted by Gasteiger charge is 2.12. The van der Waals surface area contributed by atoms with Crippen molar-refractivity contribution in [3.05, 3.63) is 53.6 Å². The summed E-state index contributed by atoms with van der Waals surface area (Å²) in [6.07, 6.45) is -0.0419. The van der Waals surface area contributed by atoms with E-state index in [1.807, 2.05) is 13.8 Å². The minimum Gasteiger partial charge on any atom is -0.489 e. The molecule has 0 saturated heterocycles. The monoisotopic (exact) mass is 351 g/mol. The Hall–Kier alpha value is -3.33. The van der Waals surface area contributed by atoms with E-state index in [0.29, 0.717) is 28.3 Å². The Morgan fingerprint density at radius 3 is 2.54 bits per heavy atom. The first-order chi connectivity index (χ1) is 12.4. The zero-order chi connectivity index (χ0) is 19.1. The van der Waals surface area contributed by atoms with E-state index >= 15 is 0 Å². The molecule has 1 amide bonds. The molecule has 26 heavy (non-hydrogen) atoms. The average molecular weight is 351 g/mol. The molecular weight excluding hydrogens is 330 g/mol. The van der Waals surface area contributed by atoms with Gasteiger partial charge in [-0.05, 0) is 51.1 Å². The van der Waals surface area contributed by atoms with Gasteiger partial charge in [-0.15, -0.1) is 0 Å². The van der Waals surface area contributed by atoms with Crippen LogP contribution in [0.4, 0.5) is 11.4 Å². The van der Waals surface area contributed by atoms with Gasteiger partial charge in [0.25, 0.3) is 0 Å². The molecule has 0 unspecified atom stereocenters. The van der Waals surface area contributed by atoms with Crippen LogP contribution in [-0.4, -0.2) is 24.3 Å². The number of anilines is 2. The number of carbonyl (C=O) groups is 2. The molecule has 0 aliphatic carbocycles. The number of rotatable bonds is 7. The van der Waals surface area contributed by atoms with Crippen molar-refractivity contribution in [2.45, 2.75) is 26.9 Å². The molecule has 134 valence electrons. The molecule has 0 aliphatic heterocycles. The number of para-hydroxylation sites is 1. The molecule has 2 rings (SSSR count). The summed E-state index contributed by atoms with van der Waals surface area (Å²) < 4.78 is 5.70. The first-order valence-corrected chi connectivity index (χ1v) is 8.25. The number of hydrogen-bond acceptors (Lipinski definition) is 5. The summed E-state index contributed by atoms with van der Waals surface area (Å²) in [5.74, 6) is 0.135. The van der Waals surface area contributed by atoms with E-state index in [1.54, 1.807) is 42.5 Å². The summed E-state index contributed by atoms with van der Waals surface area (Å²) in [5, 5.41) is 14.8. The van der Waals surface area contributed by atoms with Crippen molar-refractivity contribution in [2.75, 3.05) is 17.2 Å². The predicted octanol–water partition coefficient (Wildman–Crippen LogP) is 3.60. The Morgan fingerprint density at radius 1 is 1.15 bits per heavy atom. The van der Waals surface area contributed by atoms with Crippen LogP contribution in [-0.2, 0) is 4.79 Å². The van der Waals surface area contributed by atoms with Crippen molar-refractivity contribution >= 4 is 23.1 Å². The van der Waals surface area contributed by atoms with Gasteiger partial charge in [0.1, 0.15) is 5.75 Å². The van der Waals surface area contributed by atoms with Crippen molar-refractivity contribution < 1.29 is 14.3 Å². The first kappa shape index (κ1) is 19.0. The van der Waals surface area contributed by atoms with Crippen molar-refractivity contribution in [2.24, 2.45) is 0 Å². The third kappa shape index (κ3) is 5.08. The average Bonchev–Trinajstić information content (AvgIpc) is 2.60. The highest BCUT2D eigenvalue weighted by atomic mass is 16.5. The van der Waals surface area contributed by atoms with Crippen molar-refractivity contribution in [3.8, 4) is 11.8 Å². The van der Waals surface area contributed by atoms with Crippen LogP contribution in [0, 0.1) is 11.3 Å². The number of hydrogen-bond donors (Lipinski definition) is 2. The van der Waals surface area contributed by atoms with Gasteiger partial charge in [0.05, 0.1) is 35.7 Å². The Morgan fingerprint density at radius 2 is 1.88 bits per heavy atom. The van der Waals surface area contributed by atoms with E-state index in [1.165, 1.54) is 6.92 Å². The number of benzene rings is 2. The van der Waals surface area contributed by atoms with Crippen molar-refractivity contribution in [3.63, 3.8) is 0 Å². The highest BCUT2D eigenvalue weighted by molar-refractivity contribution is 6.04. The van der Waals surface area contributed by atoms with Crippen LogP contribution < -0.4 is 15.4 Å². The fourth-order valence-electron chi connectivity index (χ4n) is 2.36. The SMILES string of the molecule is CC(=O)c1ccccc1NC(=O)CNc1cc(C#N)ccc1OC(C)C. The Balaban J connectivity index is 2.10. The van der Waals surface area contributed by atoms with Gasteiger partial charge in [0.15, 0.2) is 5.78 Å². The van der Waals surface area contributed by atoms with Crippen LogP contribution in [0.5, 0.6) is 5.75 Å². The van der Waals surface area contributed by atoms with Crippen LogP contribution >= 0.6 is 0 Å². The lowest BCUT2D eigenvalue weighted by Crippen LogP contribution is -2.23. The van der Waals surface area contributed by atoms with Gasteiger partial charge in [0.2, 0.25) is 5.91 Å². The molecule has 6 nitrogen and oxygen atoms in total. The fraction of sp³-hybridized carbons (Fsp3) is 0.250. The van der Waals surface area contributed by atoms with E-state index in [-0.39, 0.29) is 24.3 Å². The summed E-state index contributed by atoms with van der Waals surface area (Å²) in [4.78, 5) is 23.9. The smallest absolute Gasteiger partial charge is 0.243 e. The lowest BCUT2D eigenvalue weighted by molar-refractivity contribution is -0.114. The van der Waals surface area contributed by atoms with Gasteiger partial charge in [-0.1, -0.05) is 12.1 Å². The maximum atomic E-state index is 12.3. The zero-order valence-corrected chi connectivity index (χ0v) is 15.0. The number of nitrogens with one attached hydrogen (secondary N) is 2.